The molecule has 9 heteroatoms. The number of nitrogens with zero attached hydrogens (tertiary/aromatic N) is 3. The summed E-state index contributed by atoms with van der Waals surface area (Å²) in [4.78, 5) is 11.9. The Labute approximate surface area is 168 Å². The second-order valence-corrected chi connectivity index (χ2v) is 8.06. The smallest absolute Gasteiger partial charge is 0.326 e. The van der Waals surface area contributed by atoms with Gasteiger partial charge in [0.05, 0.1) is 17.0 Å². The molecule has 8 nitrogen and oxygen atoms in total. The standard InChI is InChI=1S/C20H21N3O5S/c1-4-28-18(24)12-23-16-8-6-5-7-15(16)19(20(23)25)21-22-29(26,27)17-11-13(2)9-10-14(17)3/h5-11,25H,4,12H2,1-3H3. The number of sulfonamides is 1. The quantitative estimate of drug-likeness (QED) is 0.483. The molecule has 0 saturated carbocycles. The van der Waals surface area contributed by atoms with Gasteiger partial charge >= 0.3 is 5.97 Å². The summed E-state index contributed by atoms with van der Waals surface area (Å²) in [6, 6.07) is 11.8. The Kier molecular flexibility index (Phi) is 5.69. The van der Waals surface area contributed by atoms with Crippen molar-refractivity contribution in [2.24, 2.45) is 9.63 Å². The van der Waals surface area contributed by atoms with E-state index in [4.69, 9.17) is 4.74 Å². The first-order valence-electron chi connectivity index (χ1n) is 8.95. The van der Waals surface area contributed by atoms with Crippen molar-refractivity contribution in [2.45, 2.75) is 32.2 Å². The molecule has 0 aliphatic carbocycles. The summed E-state index contributed by atoms with van der Waals surface area (Å²) in [5, 5.41) is 14.9. The number of hydrogen-bond acceptors (Lipinski definition) is 6. The van der Waals surface area contributed by atoms with Crippen LogP contribution in [0.4, 0.5) is 5.69 Å². The van der Waals surface area contributed by atoms with Gasteiger partial charge in [0, 0.05) is 5.39 Å². The highest BCUT2D eigenvalue weighted by Crippen LogP contribution is 2.39. The van der Waals surface area contributed by atoms with Crippen LogP contribution in [0.1, 0.15) is 18.1 Å². The highest BCUT2D eigenvalue weighted by atomic mass is 32.2. The third-order valence-electron chi connectivity index (χ3n) is 4.38. The fourth-order valence-corrected chi connectivity index (χ4v) is 4.08. The zero-order chi connectivity index (χ0) is 21.2. The zero-order valence-corrected chi connectivity index (χ0v) is 17.1. The first-order chi connectivity index (χ1) is 13.7. The molecule has 0 unspecified atom stereocenters. The van der Waals surface area contributed by atoms with Crippen LogP contribution in [0.5, 0.6) is 5.88 Å². The van der Waals surface area contributed by atoms with Crippen molar-refractivity contribution in [3.05, 3.63) is 53.6 Å². The molecule has 3 aromatic rings. The number of rotatable bonds is 6. The third kappa shape index (κ3) is 4.14. The van der Waals surface area contributed by atoms with Gasteiger partial charge in [-0.15, -0.1) is 5.11 Å². The Morgan fingerprint density at radius 3 is 2.62 bits per heavy atom. The lowest BCUT2D eigenvalue weighted by atomic mass is 10.2. The average molecular weight is 415 g/mol. The first kappa shape index (κ1) is 20.5. The number of benzene rings is 2. The number of carbonyl (C=O) groups is 1. The van der Waals surface area contributed by atoms with Gasteiger partial charge < -0.3 is 9.84 Å². The predicted octanol–water partition coefficient (Wildman–Crippen LogP) is 4.00. The molecule has 0 radical (unpaired) electrons. The van der Waals surface area contributed by atoms with Gasteiger partial charge in [-0.1, -0.05) is 34.9 Å². The summed E-state index contributed by atoms with van der Waals surface area (Å²) >= 11 is 0. The molecule has 0 fully saturated rings. The molecule has 1 N–H and O–H groups in total. The van der Waals surface area contributed by atoms with E-state index in [1.807, 2.05) is 0 Å². The van der Waals surface area contributed by atoms with Gasteiger partial charge in [-0.25, -0.2) is 0 Å². The normalized spacial score (nSPS) is 12.0. The number of aromatic hydroxyl groups is 1. The summed E-state index contributed by atoms with van der Waals surface area (Å²) in [5.41, 5.74) is 1.80. The van der Waals surface area contributed by atoms with Crippen LogP contribution < -0.4 is 0 Å². The van der Waals surface area contributed by atoms with Crippen molar-refractivity contribution < 1.29 is 23.1 Å². The van der Waals surface area contributed by atoms with Gasteiger partial charge in [0.25, 0.3) is 10.0 Å². The second-order valence-electron chi connectivity index (χ2n) is 6.51. The Bertz CT molecular complexity index is 1210. The first-order valence-corrected chi connectivity index (χ1v) is 10.4. The molecule has 1 heterocycles. The molecule has 152 valence electrons. The minimum atomic E-state index is -4.07. The van der Waals surface area contributed by atoms with Gasteiger partial charge in [-0.05, 0) is 44.0 Å². The van der Waals surface area contributed by atoms with Crippen LogP contribution >= 0.6 is 0 Å². The van der Waals surface area contributed by atoms with E-state index in [1.54, 1.807) is 57.2 Å². The fraction of sp³-hybridized carbons (Fsp3) is 0.250. The molecular formula is C20H21N3O5S. The van der Waals surface area contributed by atoms with Crippen LogP contribution in [0, 0.1) is 13.8 Å². The number of ether oxygens (including phenoxy) is 1. The Morgan fingerprint density at radius 1 is 1.17 bits per heavy atom. The molecule has 0 bridgehead atoms. The van der Waals surface area contributed by atoms with E-state index < -0.39 is 16.0 Å². The van der Waals surface area contributed by atoms with E-state index in [9.17, 15) is 18.3 Å². The van der Waals surface area contributed by atoms with Gasteiger partial charge in [0.1, 0.15) is 6.54 Å². The zero-order valence-electron chi connectivity index (χ0n) is 16.3. The van der Waals surface area contributed by atoms with Crippen LogP contribution in [-0.2, 0) is 26.1 Å². The van der Waals surface area contributed by atoms with Crippen molar-refractivity contribution in [1.29, 1.82) is 0 Å². The molecule has 0 spiro atoms. The molecule has 0 aliphatic heterocycles. The lowest BCUT2D eigenvalue weighted by molar-refractivity contribution is -0.143. The summed E-state index contributed by atoms with van der Waals surface area (Å²) in [7, 11) is -4.07. The Morgan fingerprint density at radius 2 is 1.90 bits per heavy atom. The maximum absolute atomic E-state index is 12.7. The van der Waals surface area contributed by atoms with Gasteiger partial charge in [0.2, 0.25) is 5.88 Å². The highest BCUT2D eigenvalue weighted by molar-refractivity contribution is 7.90. The van der Waals surface area contributed by atoms with E-state index in [1.165, 1.54) is 10.6 Å². The lowest BCUT2D eigenvalue weighted by Crippen LogP contribution is -2.12. The van der Waals surface area contributed by atoms with Gasteiger partial charge in [-0.3, -0.25) is 9.36 Å². The number of aromatic nitrogens is 1. The van der Waals surface area contributed by atoms with Crippen molar-refractivity contribution in [1.82, 2.24) is 4.57 Å². The maximum Gasteiger partial charge on any atom is 0.326 e. The summed E-state index contributed by atoms with van der Waals surface area (Å²) in [6.45, 7) is 5.11. The highest BCUT2D eigenvalue weighted by Gasteiger charge is 2.21. The number of carbonyl (C=O) groups excluding carboxylic acids is 1. The van der Waals surface area contributed by atoms with E-state index >= 15 is 0 Å². The van der Waals surface area contributed by atoms with E-state index in [2.05, 4.69) is 9.63 Å². The van der Waals surface area contributed by atoms with Crippen molar-refractivity contribution in [3.8, 4) is 5.88 Å². The minimum absolute atomic E-state index is 0.0289. The molecule has 3 rings (SSSR count). The molecule has 0 aliphatic rings. The SMILES string of the molecule is CCOC(=O)Cn1c(O)c(N=NS(=O)(=O)c2cc(C)ccc2C)c2ccccc21. The van der Waals surface area contributed by atoms with Crippen LogP contribution in [0.3, 0.4) is 0 Å². The van der Waals surface area contributed by atoms with Gasteiger partial charge in [-0.2, -0.15) is 8.42 Å². The van der Waals surface area contributed by atoms with Crippen LogP contribution in [0.25, 0.3) is 10.9 Å². The summed E-state index contributed by atoms with van der Waals surface area (Å²) in [6.07, 6.45) is 0. The monoisotopic (exact) mass is 415 g/mol. The van der Waals surface area contributed by atoms with Crippen molar-refractivity contribution >= 4 is 32.6 Å². The maximum atomic E-state index is 12.7. The molecule has 0 saturated heterocycles. The average Bonchev–Trinajstić information content (AvgIpc) is 2.94. The van der Waals surface area contributed by atoms with Gasteiger partial charge in [0.15, 0.2) is 5.69 Å². The molecule has 2 aromatic carbocycles. The van der Waals surface area contributed by atoms with E-state index in [0.717, 1.165) is 5.56 Å². The van der Waals surface area contributed by atoms with E-state index in [-0.39, 0.29) is 29.6 Å². The summed E-state index contributed by atoms with van der Waals surface area (Å²) < 4.78 is 35.1. The predicted molar refractivity (Wildman–Crippen MR) is 108 cm³/mol. The topological polar surface area (TPSA) is 110 Å². The number of hydrogen-bond donors (Lipinski definition) is 1. The fourth-order valence-electron chi connectivity index (χ4n) is 2.99. The largest absolute Gasteiger partial charge is 0.493 e. The Hall–Kier alpha value is -3.20. The number of aryl methyl sites for hydroxylation is 2. The second kappa shape index (κ2) is 8.04. The van der Waals surface area contributed by atoms with Crippen LogP contribution in [-0.4, -0.2) is 30.7 Å². The number of esters is 1. The van der Waals surface area contributed by atoms with Crippen molar-refractivity contribution in [2.75, 3.05) is 6.61 Å². The molecular weight excluding hydrogens is 394 g/mol. The number of fused-ring (bicyclic) bond motifs is 1. The number of para-hydroxylation sites is 1. The summed E-state index contributed by atoms with van der Waals surface area (Å²) in [5.74, 6) is -0.894. The molecule has 29 heavy (non-hydrogen) atoms. The third-order valence-corrected chi connectivity index (χ3v) is 5.67. The molecule has 1 aromatic heterocycles. The molecule has 0 amide bonds. The lowest BCUT2D eigenvalue weighted by Gasteiger charge is -2.06. The van der Waals surface area contributed by atoms with Crippen molar-refractivity contribution in [3.63, 3.8) is 0 Å². The van der Waals surface area contributed by atoms with Crippen LogP contribution in [0.15, 0.2) is 57.0 Å². The minimum Gasteiger partial charge on any atom is -0.493 e. The van der Waals surface area contributed by atoms with Crippen LogP contribution in [0.2, 0.25) is 0 Å². The van der Waals surface area contributed by atoms with E-state index in [0.29, 0.717) is 16.5 Å². The molecule has 0 atom stereocenters. The Balaban J connectivity index is 2.07.